The molecule has 122 valence electrons. The van der Waals surface area contributed by atoms with Crippen LogP contribution in [0.25, 0.3) is 11.3 Å². The van der Waals surface area contributed by atoms with Crippen LogP contribution in [0.15, 0.2) is 41.8 Å². The minimum absolute atomic E-state index is 0.590. The summed E-state index contributed by atoms with van der Waals surface area (Å²) in [6.07, 6.45) is 0. The van der Waals surface area contributed by atoms with Crippen LogP contribution in [0.5, 0.6) is 11.5 Å². The van der Waals surface area contributed by atoms with Gasteiger partial charge >= 0.3 is 0 Å². The molecular weight excluding hydrogens is 320 g/mol. The Morgan fingerprint density at radius 3 is 2.62 bits per heavy atom. The fraction of sp³-hybridized carbons (Fsp3) is 0.211. The second-order valence-electron chi connectivity index (χ2n) is 5.82. The molecule has 0 amide bonds. The van der Waals surface area contributed by atoms with E-state index in [4.69, 9.17) is 9.47 Å². The molecule has 1 aliphatic heterocycles. The third-order valence-corrected chi connectivity index (χ3v) is 4.86. The zero-order valence-electron chi connectivity index (χ0n) is 13.6. The highest BCUT2D eigenvalue weighted by Gasteiger charge is 2.14. The van der Waals surface area contributed by atoms with Gasteiger partial charge in [-0.2, -0.15) is 0 Å². The van der Waals surface area contributed by atoms with Crippen LogP contribution in [0.2, 0.25) is 0 Å². The molecule has 4 rings (SSSR count). The number of aryl methyl sites for hydroxylation is 2. The van der Waals surface area contributed by atoms with Crippen LogP contribution < -0.4 is 14.8 Å². The lowest BCUT2D eigenvalue weighted by Crippen LogP contribution is -2.15. The molecule has 0 radical (unpaired) electrons. The maximum atomic E-state index is 5.65. The van der Waals surface area contributed by atoms with Crippen molar-refractivity contribution in [2.75, 3.05) is 18.5 Å². The summed E-state index contributed by atoms with van der Waals surface area (Å²) >= 11 is 1.59. The summed E-state index contributed by atoms with van der Waals surface area (Å²) in [7, 11) is 0. The van der Waals surface area contributed by atoms with Crippen LogP contribution in [-0.2, 0) is 0 Å². The molecule has 0 fully saturated rings. The first-order valence-electron chi connectivity index (χ1n) is 7.89. The number of thiazole rings is 1. The minimum atomic E-state index is 0.590. The number of nitrogens with one attached hydrogen (secondary N) is 1. The number of anilines is 2. The molecule has 0 bridgehead atoms. The van der Waals surface area contributed by atoms with Gasteiger partial charge in [0.25, 0.3) is 0 Å². The highest BCUT2D eigenvalue weighted by atomic mass is 32.1. The third kappa shape index (κ3) is 2.95. The number of benzene rings is 2. The monoisotopic (exact) mass is 338 g/mol. The summed E-state index contributed by atoms with van der Waals surface area (Å²) in [6, 6.07) is 12.3. The molecule has 0 saturated carbocycles. The lowest BCUT2D eigenvalue weighted by molar-refractivity contribution is 0.171. The minimum Gasteiger partial charge on any atom is -0.486 e. The predicted molar refractivity (Wildman–Crippen MR) is 97.7 cm³/mol. The van der Waals surface area contributed by atoms with Crippen LogP contribution in [0.3, 0.4) is 0 Å². The summed E-state index contributed by atoms with van der Waals surface area (Å²) in [6.45, 7) is 5.42. The van der Waals surface area contributed by atoms with Crippen molar-refractivity contribution in [3.8, 4) is 22.8 Å². The number of nitrogens with zero attached hydrogens (tertiary/aromatic N) is 1. The van der Waals surface area contributed by atoms with Gasteiger partial charge in [0.05, 0.1) is 5.69 Å². The Hall–Kier alpha value is -2.53. The van der Waals surface area contributed by atoms with Crippen molar-refractivity contribution in [1.29, 1.82) is 0 Å². The second-order valence-corrected chi connectivity index (χ2v) is 6.68. The van der Waals surface area contributed by atoms with Gasteiger partial charge in [0, 0.05) is 16.6 Å². The molecule has 5 heteroatoms. The van der Waals surface area contributed by atoms with Gasteiger partial charge in [0.15, 0.2) is 16.6 Å². The third-order valence-electron chi connectivity index (χ3n) is 4.10. The molecule has 1 aromatic heterocycles. The summed E-state index contributed by atoms with van der Waals surface area (Å²) in [5, 5.41) is 6.30. The number of hydrogen-bond acceptors (Lipinski definition) is 5. The van der Waals surface area contributed by atoms with E-state index in [0.717, 1.165) is 33.6 Å². The Morgan fingerprint density at radius 2 is 1.79 bits per heavy atom. The molecule has 0 atom stereocenters. The van der Waals surface area contributed by atoms with Crippen LogP contribution >= 0.6 is 11.3 Å². The van der Waals surface area contributed by atoms with E-state index in [1.165, 1.54) is 11.1 Å². The van der Waals surface area contributed by atoms with Crippen molar-refractivity contribution in [3.05, 3.63) is 52.9 Å². The summed E-state index contributed by atoms with van der Waals surface area (Å²) < 4.78 is 11.2. The topological polar surface area (TPSA) is 43.4 Å². The molecule has 4 nitrogen and oxygen atoms in total. The number of hydrogen-bond donors (Lipinski definition) is 1. The first-order valence-corrected chi connectivity index (χ1v) is 8.77. The normalized spacial score (nSPS) is 12.9. The fourth-order valence-electron chi connectivity index (χ4n) is 2.61. The van der Waals surface area contributed by atoms with Gasteiger partial charge in [-0.3, -0.25) is 0 Å². The van der Waals surface area contributed by atoms with Gasteiger partial charge in [-0.15, -0.1) is 11.3 Å². The highest BCUT2D eigenvalue weighted by molar-refractivity contribution is 7.14. The molecule has 2 heterocycles. The lowest BCUT2D eigenvalue weighted by Gasteiger charge is -2.18. The molecule has 3 aromatic rings. The highest BCUT2D eigenvalue weighted by Crippen LogP contribution is 2.35. The molecule has 0 saturated heterocycles. The summed E-state index contributed by atoms with van der Waals surface area (Å²) in [5.41, 5.74) is 5.58. The summed E-state index contributed by atoms with van der Waals surface area (Å²) in [4.78, 5) is 4.69. The van der Waals surface area contributed by atoms with E-state index in [1.54, 1.807) is 11.3 Å². The second kappa shape index (κ2) is 6.17. The Morgan fingerprint density at radius 1 is 0.958 bits per heavy atom. The molecule has 0 spiro atoms. The SMILES string of the molecule is Cc1ccc(Nc2nc(-c3ccc4c(c3)OCCO4)cs2)cc1C. The first kappa shape index (κ1) is 15.0. The number of fused-ring (bicyclic) bond motifs is 1. The van der Waals surface area contributed by atoms with Gasteiger partial charge in [0.1, 0.15) is 13.2 Å². The molecule has 0 unspecified atom stereocenters. The maximum Gasteiger partial charge on any atom is 0.187 e. The Balaban J connectivity index is 1.57. The van der Waals surface area contributed by atoms with Crippen molar-refractivity contribution in [2.45, 2.75) is 13.8 Å². The van der Waals surface area contributed by atoms with E-state index < -0.39 is 0 Å². The maximum absolute atomic E-state index is 5.65. The zero-order chi connectivity index (χ0) is 16.5. The molecule has 0 aliphatic carbocycles. The van der Waals surface area contributed by atoms with E-state index in [2.05, 4.69) is 47.7 Å². The van der Waals surface area contributed by atoms with E-state index in [-0.39, 0.29) is 0 Å². The standard InChI is InChI=1S/C19H18N2O2S/c1-12-3-5-15(9-13(12)2)20-19-21-16(11-24-19)14-4-6-17-18(10-14)23-8-7-22-17/h3-6,9-11H,7-8H2,1-2H3,(H,20,21). The lowest BCUT2D eigenvalue weighted by atomic mass is 10.1. The number of ether oxygens (including phenoxy) is 2. The smallest absolute Gasteiger partial charge is 0.187 e. The number of rotatable bonds is 3. The Labute approximate surface area is 145 Å². The van der Waals surface area contributed by atoms with Gasteiger partial charge < -0.3 is 14.8 Å². The van der Waals surface area contributed by atoms with Crippen molar-refractivity contribution in [2.24, 2.45) is 0 Å². The average Bonchev–Trinajstić information content (AvgIpc) is 3.06. The average molecular weight is 338 g/mol. The predicted octanol–water partition coefficient (Wildman–Crippen LogP) is 4.94. The van der Waals surface area contributed by atoms with E-state index in [0.29, 0.717) is 13.2 Å². The van der Waals surface area contributed by atoms with Crippen molar-refractivity contribution < 1.29 is 9.47 Å². The van der Waals surface area contributed by atoms with Crippen LogP contribution in [0.4, 0.5) is 10.8 Å². The summed E-state index contributed by atoms with van der Waals surface area (Å²) in [5.74, 6) is 1.59. The van der Waals surface area contributed by atoms with Crippen molar-refractivity contribution in [1.82, 2.24) is 4.98 Å². The van der Waals surface area contributed by atoms with Crippen molar-refractivity contribution in [3.63, 3.8) is 0 Å². The van der Waals surface area contributed by atoms with Gasteiger partial charge in [-0.25, -0.2) is 4.98 Å². The molecule has 1 N–H and O–H groups in total. The van der Waals surface area contributed by atoms with E-state index in [1.807, 2.05) is 18.2 Å². The molecule has 1 aliphatic rings. The molecule has 24 heavy (non-hydrogen) atoms. The van der Waals surface area contributed by atoms with E-state index in [9.17, 15) is 0 Å². The Bertz CT molecular complexity index is 889. The Kier molecular flexibility index (Phi) is 3.86. The van der Waals surface area contributed by atoms with Crippen molar-refractivity contribution >= 4 is 22.2 Å². The largest absolute Gasteiger partial charge is 0.486 e. The van der Waals surface area contributed by atoms with Crippen LogP contribution in [0.1, 0.15) is 11.1 Å². The van der Waals surface area contributed by atoms with Crippen LogP contribution in [-0.4, -0.2) is 18.2 Å². The van der Waals surface area contributed by atoms with Crippen LogP contribution in [0, 0.1) is 13.8 Å². The first-order chi connectivity index (χ1) is 11.7. The van der Waals surface area contributed by atoms with Gasteiger partial charge in [-0.1, -0.05) is 6.07 Å². The molecule has 2 aromatic carbocycles. The fourth-order valence-corrected chi connectivity index (χ4v) is 3.35. The van der Waals surface area contributed by atoms with Gasteiger partial charge in [0.2, 0.25) is 0 Å². The quantitative estimate of drug-likeness (QED) is 0.734. The molecular formula is C19H18N2O2S. The zero-order valence-corrected chi connectivity index (χ0v) is 14.4. The van der Waals surface area contributed by atoms with E-state index >= 15 is 0 Å². The number of aromatic nitrogens is 1. The van der Waals surface area contributed by atoms with Gasteiger partial charge in [-0.05, 0) is 55.3 Å².